The van der Waals surface area contributed by atoms with Crippen molar-refractivity contribution >= 4 is 23.4 Å². The first-order valence-corrected chi connectivity index (χ1v) is 7.18. The van der Waals surface area contributed by atoms with Crippen molar-refractivity contribution in [2.24, 2.45) is 5.73 Å². The van der Waals surface area contributed by atoms with E-state index in [0.717, 1.165) is 5.56 Å². The van der Waals surface area contributed by atoms with Crippen LogP contribution in [0.3, 0.4) is 0 Å². The summed E-state index contributed by atoms with van der Waals surface area (Å²) in [6.45, 7) is 1.89. The molecule has 0 spiro atoms. The summed E-state index contributed by atoms with van der Waals surface area (Å²) in [5, 5.41) is 8.69. The van der Waals surface area contributed by atoms with Gasteiger partial charge in [-0.1, -0.05) is 6.07 Å². The van der Waals surface area contributed by atoms with Gasteiger partial charge >= 0.3 is 5.97 Å². The molecule has 2 heterocycles. The number of thioether (sulfide) groups is 1. The van der Waals surface area contributed by atoms with E-state index in [2.05, 4.69) is 4.98 Å². The van der Waals surface area contributed by atoms with E-state index in [1.165, 1.54) is 22.2 Å². The van der Waals surface area contributed by atoms with Crippen molar-refractivity contribution in [1.82, 2.24) is 9.38 Å². The predicted molar refractivity (Wildman–Crippen MR) is 78.0 cm³/mol. The third-order valence-electron chi connectivity index (χ3n) is 2.80. The van der Waals surface area contributed by atoms with Crippen LogP contribution < -0.4 is 11.3 Å². The number of aryl methyl sites for hydroxylation is 1. The van der Waals surface area contributed by atoms with E-state index in [0.29, 0.717) is 17.1 Å². The minimum absolute atomic E-state index is 0.142. The molecule has 6 nitrogen and oxygen atoms in total. The van der Waals surface area contributed by atoms with E-state index in [4.69, 9.17) is 10.8 Å². The van der Waals surface area contributed by atoms with Crippen LogP contribution >= 0.6 is 11.8 Å². The van der Waals surface area contributed by atoms with Gasteiger partial charge in [-0.15, -0.1) is 0 Å². The van der Waals surface area contributed by atoms with Gasteiger partial charge in [-0.3, -0.25) is 14.0 Å². The lowest BCUT2D eigenvalue weighted by Crippen LogP contribution is -2.32. The van der Waals surface area contributed by atoms with Crippen LogP contribution in [0.5, 0.6) is 0 Å². The summed E-state index contributed by atoms with van der Waals surface area (Å²) in [7, 11) is 0. The van der Waals surface area contributed by atoms with E-state index in [1.807, 2.05) is 13.0 Å². The zero-order chi connectivity index (χ0) is 14.7. The van der Waals surface area contributed by atoms with Crippen molar-refractivity contribution < 1.29 is 9.90 Å². The normalized spacial score (nSPS) is 12.5. The average molecular weight is 293 g/mol. The first-order chi connectivity index (χ1) is 9.49. The number of pyridine rings is 1. The summed E-state index contributed by atoms with van der Waals surface area (Å²) in [5.74, 6) is -0.287. The Morgan fingerprint density at radius 2 is 2.35 bits per heavy atom. The second-order valence-corrected chi connectivity index (χ2v) is 5.46. The lowest BCUT2D eigenvalue weighted by molar-refractivity contribution is -0.137. The zero-order valence-electron chi connectivity index (χ0n) is 10.9. The Morgan fingerprint density at radius 1 is 1.60 bits per heavy atom. The molecular formula is C13H15N3O3S. The van der Waals surface area contributed by atoms with Crippen molar-refractivity contribution in [3.05, 3.63) is 46.0 Å². The van der Waals surface area contributed by atoms with Gasteiger partial charge in [-0.05, 0) is 18.6 Å². The lowest BCUT2D eigenvalue weighted by atomic mass is 10.3. The Labute approximate surface area is 119 Å². The third kappa shape index (κ3) is 3.17. The number of rotatable bonds is 5. The molecule has 0 bridgehead atoms. The van der Waals surface area contributed by atoms with Gasteiger partial charge in [-0.25, -0.2) is 4.98 Å². The Hall–Kier alpha value is -1.86. The van der Waals surface area contributed by atoms with E-state index >= 15 is 0 Å². The molecule has 7 heteroatoms. The molecule has 3 N–H and O–H groups in total. The number of carbonyl (C=O) groups is 1. The maximum absolute atomic E-state index is 12.0. The highest BCUT2D eigenvalue weighted by molar-refractivity contribution is 7.98. The molecule has 1 unspecified atom stereocenters. The van der Waals surface area contributed by atoms with Gasteiger partial charge < -0.3 is 10.8 Å². The Bertz CT molecular complexity index is 699. The van der Waals surface area contributed by atoms with E-state index in [1.54, 1.807) is 12.3 Å². The number of aliphatic carboxylic acids is 1. The number of hydrogen-bond donors (Lipinski definition) is 2. The van der Waals surface area contributed by atoms with Crippen LogP contribution in [0.15, 0.2) is 29.2 Å². The van der Waals surface area contributed by atoms with Gasteiger partial charge in [0.05, 0.1) is 5.69 Å². The van der Waals surface area contributed by atoms with Gasteiger partial charge in [-0.2, -0.15) is 11.8 Å². The molecule has 106 valence electrons. The smallest absolute Gasteiger partial charge is 0.321 e. The van der Waals surface area contributed by atoms with E-state index in [9.17, 15) is 9.59 Å². The molecule has 2 rings (SSSR count). The van der Waals surface area contributed by atoms with Crippen LogP contribution in [0.2, 0.25) is 0 Å². The molecule has 0 aliphatic rings. The fraction of sp³-hybridized carbons (Fsp3) is 0.308. The van der Waals surface area contributed by atoms with Crippen molar-refractivity contribution in [3.8, 4) is 0 Å². The van der Waals surface area contributed by atoms with Crippen LogP contribution in [0.25, 0.3) is 5.65 Å². The molecule has 0 aliphatic heterocycles. The highest BCUT2D eigenvalue weighted by Gasteiger charge is 2.11. The van der Waals surface area contributed by atoms with Crippen molar-refractivity contribution in [2.45, 2.75) is 18.7 Å². The number of hydrogen-bond acceptors (Lipinski definition) is 5. The second-order valence-electron chi connectivity index (χ2n) is 4.43. The molecular weight excluding hydrogens is 278 g/mol. The molecule has 0 radical (unpaired) electrons. The number of nitrogens with two attached hydrogens (primary N) is 1. The molecule has 0 fully saturated rings. The van der Waals surface area contributed by atoms with Crippen molar-refractivity contribution in [2.75, 3.05) is 5.75 Å². The minimum atomic E-state index is -1.03. The molecule has 2 aromatic rings. The van der Waals surface area contributed by atoms with Gasteiger partial charge in [0, 0.05) is 23.8 Å². The number of carboxylic acids is 1. The number of fused-ring (bicyclic) bond motifs is 1. The van der Waals surface area contributed by atoms with Gasteiger partial charge in [0.25, 0.3) is 5.56 Å². The Balaban J connectivity index is 2.18. The van der Waals surface area contributed by atoms with Crippen LogP contribution in [0.1, 0.15) is 11.3 Å². The summed E-state index contributed by atoms with van der Waals surface area (Å²) in [6, 6.07) is 4.25. The fourth-order valence-corrected chi connectivity index (χ4v) is 2.62. The van der Waals surface area contributed by atoms with Gasteiger partial charge in [0.15, 0.2) is 0 Å². The maximum Gasteiger partial charge on any atom is 0.321 e. The fourth-order valence-electron chi connectivity index (χ4n) is 1.74. The van der Waals surface area contributed by atoms with E-state index < -0.39 is 12.0 Å². The Kier molecular flexibility index (Phi) is 4.41. The zero-order valence-corrected chi connectivity index (χ0v) is 11.8. The third-order valence-corrected chi connectivity index (χ3v) is 3.90. The molecule has 0 amide bonds. The summed E-state index contributed by atoms with van der Waals surface area (Å²) in [6.07, 6.45) is 1.68. The topological polar surface area (TPSA) is 97.7 Å². The minimum Gasteiger partial charge on any atom is -0.480 e. The summed E-state index contributed by atoms with van der Waals surface area (Å²) < 4.78 is 1.49. The van der Waals surface area contributed by atoms with Gasteiger partial charge in [0.1, 0.15) is 11.7 Å². The average Bonchev–Trinajstić information content (AvgIpc) is 2.40. The van der Waals surface area contributed by atoms with Crippen LogP contribution in [0.4, 0.5) is 0 Å². The molecule has 20 heavy (non-hydrogen) atoms. The van der Waals surface area contributed by atoms with E-state index in [-0.39, 0.29) is 11.3 Å². The van der Waals surface area contributed by atoms with Crippen LogP contribution in [-0.2, 0) is 10.5 Å². The lowest BCUT2D eigenvalue weighted by Gasteiger charge is -2.07. The molecule has 0 saturated carbocycles. The quantitative estimate of drug-likeness (QED) is 0.840. The molecule has 1 atom stereocenters. The number of aromatic nitrogens is 2. The molecule has 2 aromatic heterocycles. The summed E-state index contributed by atoms with van der Waals surface area (Å²) in [5.41, 5.74) is 7.45. The van der Waals surface area contributed by atoms with Crippen molar-refractivity contribution in [1.29, 1.82) is 0 Å². The first-order valence-electron chi connectivity index (χ1n) is 6.03. The highest BCUT2D eigenvalue weighted by atomic mass is 32.2. The SMILES string of the molecule is Cc1cccn2c(=O)cc(CSCC(N)C(=O)O)nc12. The first kappa shape index (κ1) is 14.5. The molecule has 0 aromatic carbocycles. The molecule has 0 saturated heterocycles. The maximum atomic E-state index is 12.0. The largest absolute Gasteiger partial charge is 0.480 e. The summed E-state index contributed by atoms with van der Waals surface area (Å²) >= 11 is 1.35. The number of nitrogens with zero attached hydrogens (tertiary/aromatic N) is 2. The highest BCUT2D eigenvalue weighted by Crippen LogP contribution is 2.12. The second kappa shape index (κ2) is 6.06. The summed E-state index contributed by atoms with van der Waals surface area (Å²) in [4.78, 5) is 27.0. The standard InChI is InChI=1S/C13H15N3O3S/c1-8-3-2-4-16-11(17)5-9(15-12(8)16)6-20-7-10(14)13(18)19/h2-5,10H,6-7,14H2,1H3,(H,18,19). The van der Waals surface area contributed by atoms with Crippen LogP contribution in [0, 0.1) is 6.92 Å². The number of carboxylic acid groups (broad SMARTS) is 1. The predicted octanol–water partition coefficient (Wildman–Crippen LogP) is 0.648. The molecule has 0 aliphatic carbocycles. The van der Waals surface area contributed by atoms with Gasteiger partial charge in [0.2, 0.25) is 0 Å². The monoisotopic (exact) mass is 293 g/mol. The Morgan fingerprint density at radius 3 is 3.05 bits per heavy atom. The van der Waals surface area contributed by atoms with Crippen molar-refractivity contribution in [3.63, 3.8) is 0 Å². The van der Waals surface area contributed by atoms with Crippen LogP contribution in [-0.4, -0.2) is 32.3 Å².